The summed E-state index contributed by atoms with van der Waals surface area (Å²) in [5, 5.41) is 0. The van der Waals surface area contributed by atoms with Gasteiger partial charge in [0.1, 0.15) is 11.5 Å². The lowest BCUT2D eigenvalue weighted by molar-refractivity contribution is -0.190. The number of nitrogens with two attached hydrogens (primary N) is 1. The highest BCUT2D eigenvalue weighted by Gasteiger charge is 2.38. The van der Waals surface area contributed by atoms with Crippen LogP contribution >= 0.6 is 0 Å². The quantitative estimate of drug-likeness (QED) is 0.384. The van der Waals surface area contributed by atoms with Crippen LogP contribution in [0.25, 0.3) is 0 Å². The van der Waals surface area contributed by atoms with E-state index >= 15 is 0 Å². The summed E-state index contributed by atoms with van der Waals surface area (Å²) in [5.41, 5.74) is 6.66. The van der Waals surface area contributed by atoms with Crippen molar-refractivity contribution in [1.82, 2.24) is 19.8 Å². The number of amides is 3. The van der Waals surface area contributed by atoms with Gasteiger partial charge in [-0.2, -0.15) is 13.2 Å². The second kappa shape index (κ2) is 15.5. The molecule has 0 bridgehead atoms. The fourth-order valence-corrected chi connectivity index (χ4v) is 5.37. The van der Waals surface area contributed by atoms with Crippen LogP contribution in [0.2, 0.25) is 0 Å². The van der Waals surface area contributed by atoms with Crippen molar-refractivity contribution in [2.45, 2.75) is 57.8 Å². The first kappa shape index (κ1) is 35.1. The Morgan fingerprint density at radius 3 is 1.64 bits per heavy atom. The van der Waals surface area contributed by atoms with Crippen LogP contribution in [-0.2, 0) is 23.9 Å². The number of rotatable bonds is 5. The number of methoxy groups -OCH3 is 2. The van der Waals surface area contributed by atoms with Crippen molar-refractivity contribution in [3.8, 4) is 11.5 Å². The molecule has 0 spiro atoms. The Morgan fingerprint density at radius 2 is 1.24 bits per heavy atom. The Bertz CT molecular complexity index is 1360. The van der Waals surface area contributed by atoms with E-state index in [1.54, 1.807) is 36.7 Å². The van der Waals surface area contributed by atoms with Gasteiger partial charge in [-0.25, -0.2) is 4.79 Å². The standard InChI is InChI=1S/C16H19F3N2O4.C14H19N3O3/c1-10-3-4-13(11-5-12(24-2)7-20-6-11)21(8-10)14(22)15(23)25-9-16(17,18)19;1-9-3-4-12(17(8-9)14(19)13(15)18)10-5-11(20-2)7-16-6-10/h5-7,10,13H,3-4,8-9H2,1-2H3;5-7,9,12H,3-4,8H2,1-2H3,(H2,15,18). The molecule has 246 valence electrons. The van der Waals surface area contributed by atoms with Crippen molar-refractivity contribution in [2.75, 3.05) is 33.9 Å². The highest BCUT2D eigenvalue weighted by atomic mass is 19.4. The van der Waals surface area contributed by atoms with Crippen molar-refractivity contribution < 1.29 is 46.6 Å². The lowest BCUT2D eigenvalue weighted by atomic mass is 9.90. The zero-order valence-corrected chi connectivity index (χ0v) is 25.6. The molecule has 2 aromatic heterocycles. The molecule has 0 saturated carbocycles. The number of likely N-dealkylation sites (tertiary alicyclic amines) is 2. The van der Waals surface area contributed by atoms with Crippen LogP contribution in [0.5, 0.6) is 11.5 Å². The Balaban J connectivity index is 0.000000251. The molecule has 15 heteroatoms. The van der Waals surface area contributed by atoms with E-state index < -0.39 is 42.5 Å². The number of primary amides is 1. The first-order valence-electron chi connectivity index (χ1n) is 14.4. The zero-order chi connectivity index (χ0) is 33.3. The van der Waals surface area contributed by atoms with Crippen LogP contribution in [0.15, 0.2) is 36.9 Å². The van der Waals surface area contributed by atoms with Gasteiger partial charge in [-0.05, 0) is 60.8 Å². The lowest BCUT2D eigenvalue weighted by Gasteiger charge is -2.38. The van der Waals surface area contributed by atoms with Gasteiger partial charge in [-0.15, -0.1) is 0 Å². The molecule has 0 radical (unpaired) electrons. The summed E-state index contributed by atoms with van der Waals surface area (Å²) in [6.45, 7) is 2.96. The molecule has 2 N–H and O–H groups in total. The maximum Gasteiger partial charge on any atom is 0.422 e. The molecule has 2 fully saturated rings. The smallest absolute Gasteiger partial charge is 0.422 e. The van der Waals surface area contributed by atoms with Gasteiger partial charge >= 0.3 is 29.9 Å². The molecule has 0 aromatic carbocycles. The number of nitrogens with zero attached hydrogens (tertiary/aromatic N) is 4. The summed E-state index contributed by atoms with van der Waals surface area (Å²) >= 11 is 0. The average molecular weight is 638 g/mol. The summed E-state index contributed by atoms with van der Waals surface area (Å²) in [6.07, 6.45) is 4.82. The molecule has 4 heterocycles. The van der Waals surface area contributed by atoms with Crippen LogP contribution in [0, 0.1) is 11.8 Å². The number of pyridine rings is 2. The third-order valence-electron chi connectivity index (χ3n) is 7.62. The van der Waals surface area contributed by atoms with E-state index in [0.717, 1.165) is 24.8 Å². The largest absolute Gasteiger partial charge is 0.495 e. The van der Waals surface area contributed by atoms with Crippen LogP contribution < -0.4 is 15.2 Å². The van der Waals surface area contributed by atoms with E-state index in [9.17, 15) is 32.3 Å². The van der Waals surface area contributed by atoms with Crippen LogP contribution in [0.3, 0.4) is 0 Å². The number of halogens is 3. The summed E-state index contributed by atoms with van der Waals surface area (Å²) in [7, 11) is 3.04. The molecule has 4 rings (SSSR count). The van der Waals surface area contributed by atoms with Gasteiger partial charge in [0.15, 0.2) is 6.61 Å². The summed E-state index contributed by atoms with van der Waals surface area (Å²) in [4.78, 5) is 58.2. The molecule has 2 aromatic rings. The Labute approximate surface area is 259 Å². The van der Waals surface area contributed by atoms with Gasteiger partial charge < -0.3 is 29.7 Å². The molecular formula is C30H38F3N5O7. The molecule has 4 unspecified atom stereocenters. The molecule has 45 heavy (non-hydrogen) atoms. The van der Waals surface area contributed by atoms with E-state index in [4.69, 9.17) is 15.2 Å². The number of alkyl halides is 3. The number of ether oxygens (including phenoxy) is 3. The van der Waals surface area contributed by atoms with Crippen molar-refractivity contribution in [2.24, 2.45) is 17.6 Å². The average Bonchev–Trinajstić information content (AvgIpc) is 3.02. The first-order chi connectivity index (χ1) is 21.2. The highest BCUT2D eigenvalue weighted by Crippen LogP contribution is 2.35. The fraction of sp³-hybridized carbons (Fsp3) is 0.533. The van der Waals surface area contributed by atoms with E-state index in [-0.39, 0.29) is 18.5 Å². The maximum absolute atomic E-state index is 12.3. The molecule has 3 amide bonds. The maximum atomic E-state index is 12.3. The number of piperidine rings is 2. The van der Waals surface area contributed by atoms with Gasteiger partial charge in [0.2, 0.25) is 0 Å². The van der Waals surface area contributed by atoms with Crippen molar-refractivity contribution >= 4 is 23.7 Å². The fourth-order valence-electron chi connectivity index (χ4n) is 5.37. The van der Waals surface area contributed by atoms with Gasteiger partial charge in [-0.3, -0.25) is 24.4 Å². The van der Waals surface area contributed by atoms with Crippen molar-refractivity contribution in [1.29, 1.82) is 0 Å². The van der Waals surface area contributed by atoms with Gasteiger partial charge in [0, 0.05) is 25.5 Å². The van der Waals surface area contributed by atoms with E-state index in [2.05, 4.69) is 21.6 Å². The van der Waals surface area contributed by atoms with E-state index in [1.807, 2.05) is 13.0 Å². The Hall–Kier alpha value is -4.43. The summed E-state index contributed by atoms with van der Waals surface area (Å²) < 4.78 is 50.9. The number of esters is 1. The molecule has 2 saturated heterocycles. The van der Waals surface area contributed by atoms with Gasteiger partial charge in [0.05, 0.1) is 38.7 Å². The second-order valence-corrected chi connectivity index (χ2v) is 11.2. The molecule has 2 aliphatic heterocycles. The molecule has 12 nitrogen and oxygen atoms in total. The lowest BCUT2D eigenvalue weighted by Crippen LogP contribution is -2.46. The Morgan fingerprint density at radius 1 is 0.800 bits per heavy atom. The predicted molar refractivity (Wildman–Crippen MR) is 153 cm³/mol. The van der Waals surface area contributed by atoms with Crippen LogP contribution in [0.1, 0.15) is 62.7 Å². The third kappa shape index (κ3) is 9.78. The number of hydrogen-bond acceptors (Lipinski definition) is 9. The van der Waals surface area contributed by atoms with E-state index in [1.165, 1.54) is 18.2 Å². The SMILES string of the molecule is COc1cncc(C2CCC(C)CN2C(=O)C(=O)OCC(F)(F)F)c1.COc1cncc(C2CCC(C)CN2C(=O)C(N)=O)c1. The third-order valence-corrected chi connectivity index (χ3v) is 7.62. The Kier molecular flexibility index (Phi) is 12.1. The van der Waals surface area contributed by atoms with Crippen LogP contribution in [-0.4, -0.2) is 83.6 Å². The number of carbonyl (C=O) groups excluding carboxylic acids is 4. The molecule has 2 aliphatic rings. The van der Waals surface area contributed by atoms with Gasteiger partial charge in [0.25, 0.3) is 0 Å². The number of hydrogen-bond donors (Lipinski definition) is 1. The minimum absolute atomic E-state index is 0.120. The van der Waals surface area contributed by atoms with E-state index in [0.29, 0.717) is 35.9 Å². The molecule has 0 aliphatic carbocycles. The van der Waals surface area contributed by atoms with Gasteiger partial charge in [-0.1, -0.05) is 13.8 Å². The number of aromatic nitrogens is 2. The zero-order valence-electron chi connectivity index (χ0n) is 25.6. The van der Waals surface area contributed by atoms with Crippen molar-refractivity contribution in [3.63, 3.8) is 0 Å². The minimum atomic E-state index is -4.68. The number of carbonyl (C=O) groups is 4. The normalized spacial score (nSPS) is 21.6. The summed E-state index contributed by atoms with van der Waals surface area (Å²) in [6, 6.07) is 2.89. The van der Waals surface area contributed by atoms with Crippen molar-refractivity contribution in [3.05, 3.63) is 48.0 Å². The predicted octanol–water partition coefficient (Wildman–Crippen LogP) is 3.37. The minimum Gasteiger partial charge on any atom is -0.495 e. The summed E-state index contributed by atoms with van der Waals surface area (Å²) in [5.74, 6) is -2.54. The first-order valence-corrected chi connectivity index (χ1v) is 14.4. The second-order valence-electron chi connectivity index (χ2n) is 11.2. The molecular weight excluding hydrogens is 599 g/mol. The highest BCUT2D eigenvalue weighted by molar-refractivity contribution is 6.34. The monoisotopic (exact) mass is 637 g/mol. The molecule has 4 atom stereocenters. The topological polar surface area (TPSA) is 154 Å². The van der Waals surface area contributed by atoms with Crippen LogP contribution in [0.4, 0.5) is 13.2 Å².